The van der Waals surface area contributed by atoms with Gasteiger partial charge in [0.05, 0.1) is 18.3 Å². The van der Waals surface area contributed by atoms with Gasteiger partial charge in [-0.1, -0.05) is 0 Å². The first kappa shape index (κ1) is 17.4. The van der Waals surface area contributed by atoms with Crippen molar-refractivity contribution in [3.05, 3.63) is 23.8 Å². The first-order valence-corrected chi connectivity index (χ1v) is 7.80. The molecule has 2 N–H and O–H groups in total. The van der Waals surface area contributed by atoms with Gasteiger partial charge in [0.2, 0.25) is 10.0 Å². The van der Waals surface area contributed by atoms with E-state index in [1.807, 2.05) is 0 Å². The van der Waals surface area contributed by atoms with Gasteiger partial charge in [0, 0.05) is 7.11 Å². The fourth-order valence-corrected chi connectivity index (χ4v) is 2.20. The molecule has 0 unspecified atom stereocenters. The standard InChI is InChI=1S/C13H19NO6S/c1-9(2)20-11-5-4-10(8-12(11)21(14,16)17)13(15)19-7-6-18-3/h4-5,8-9H,6-7H2,1-3H3,(H2,14,16,17). The Kier molecular flexibility index (Phi) is 6.13. The van der Waals surface area contributed by atoms with Crippen LogP contribution in [0.5, 0.6) is 5.75 Å². The molecule has 0 aliphatic carbocycles. The van der Waals surface area contributed by atoms with E-state index in [-0.39, 0.29) is 35.5 Å². The Morgan fingerprint density at radius 3 is 2.48 bits per heavy atom. The lowest BCUT2D eigenvalue weighted by Crippen LogP contribution is -2.17. The van der Waals surface area contributed by atoms with Crippen molar-refractivity contribution in [1.82, 2.24) is 0 Å². The second-order valence-corrected chi connectivity index (χ2v) is 6.03. The van der Waals surface area contributed by atoms with Crippen molar-refractivity contribution in [2.24, 2.45) is 5.14 Å². The first-order valence-electron chi connectivity index (χ1n) is 6.25. The number of sulfonamides is 1. The zero-order chi connectivity index (χ0) is 16.0. The molecule has 0 heterocycles. The van der Waals surface area contributed by atoms with Crippen molar-refractivity contribution in [3.8, 4) is 5.75 Å². The minimum atomic E-state index is -4.02. The maximum Gasteiger partial charge on any atom is 0.338 e. The van der Waals surface area contributed by atoms with Gasteiger partial charge in [-0.05, 0) is 32.0 Å². The third kappa shape index (κ3) is 5.33. The number of esters is 1. The molecule has 21 heavy (non-hydrogen) atoms. The third-order valence-electron chi connectivity index (χ3n) is 2.37. The van der Waals surface area contributed by atoms with Crippen molar-refractivity contribution < 1.29 is 27.4 Å². The van der Waals surface area contributed by atoms with E-state index in [2.05, 4.69) is 0 Å². The number of primary sulfonamides is 1. The summed E-state index contributed by atoms with van der Waals surface area (Å²) < 4.78 is 38.2. The minimum Gasteiger partial charge on any atom is -0.490 e. The van der Waals surface area contributed by atoms with Crippen molar-refractivity contribution in [2.75, 3.05) is 20.3 Å². The molecule has 1 rings (SSSR count). The van der Waals surface area contributed by atoms with Gasteiger partial charge < -0.3 is 14.2 Å². The summed E-state index contributed by atoms with van der Waals surface area (Å²) in [5.41, 5.74) is 0.0752. The number of hydrogen-bond acceptors (Lipinski definition) is 6. The van der Waals surface area contributed by atoms with E-state index < -0.39 is 16.0 Å². The van der Waals surface area contributed by atoms with Gasteiger partial charge in [-0.3, -0.25) is 0 Å². The summed E-state index contributed by atoms with van der Waals surface area (Å²) in [6, 6.07) is 3.94. The number of ether oxygens (including phenoxy) is 3. The number of rotatable bonds is 7. The van der Waals surface area contributed by atoms with Gasteiger partial charge in [0.1, 0.15) is 17.3 Å². The molecule has 0 aliphatic rings. The van der Waals surface area contributed by atoms with Crippen LogP contribution in [0.4, 0.5) is 0 Å². The topological polar surface area (TPSA) is 105 Å². The molecule has 0 aromatic heterocycles. The van der Waals surface area contributed by atoms with Crippen LogP contribution in [0.1, 0.15) is 24.2 Å². The molecule has 0 spiro atoms. The molecule has 0 radical (unpaired) electrons. The smallest absolute Gasteiger partial charge is 0.338 e. The van der Waals surface area contributed by atoms with Crippen LogP contribution in [0, 0.1) is 0 Å². The van der Waals surface area contributed by atoms with E-state index in [1.165, 1.54) is 19.2 Å². The Hall–Kier alpha value is -1.64. The second-order valence-electron chi connectivity index (χ2n) is 4.50. The molecule has 118 valence electrons. The van der Waals surface area contributed by atoms with Gasteiger partial charge in [-0.15, -0.1) is 0 Å². The van der Waals surface area contributed by atoms with Gasteiger partial charge in [0.15, 0.2) is 0 Å². The zero-order valence-electron chi connectivity index (χ0n) is 12.2. The monoisotopic (exact) mass is 317 g/mol. The molecular weight excluding hydrogens is 298 g/mol. The Morgan fingerprint density at radius 1 is 1.29 bits per heavy atom. The lowest BCUT2D eigenvalue weighted by Gasteiger charge is -2.14. The van der Waals surface area contributed by atoms with E-state index in [1.54, 1.807) is 13.8 Å². The summed E-state index contributed by atoms with van der Waals surface area (Å²) in [5, 5.41) is 5.14. The molecule has 0 atom stereocenters. The van der Waals surface area contributed by atoms with E-state index in [0.717, 1.165) is 6.07 Å². The molecule has 0 bridgehead atoms. The molecular formula is C13H19NO6S. The van der Waals surface area contributed by atoms with Gasteiger partial charge in [-0.25, -0.2) is 18.4 Å². The number of nitrogens with two attached hydrogens (primary N) is 1. The Balaban J connectivity index is 3.07. The Labute approximate surface area is 124 Å². The summed E-state index contributed by atoms with van der Waals surface area (Å²) in [5.74, 6) is -0.561. The molecule has 0 saturated heterocycles. The number of carbonyl (C=O) groups excluding carboxylic acids is 1. The normalized spacial score (nSPS) is 11.5. The van der Waals surface area contributed by atoms with E-state index in [9.17, 15) is 13.2 Å². The van der Waals surface area contributed by atoms with E-state index in [0.29, 0.717) is 0 Å². The summed E-state index contributed by atoms with van der Waals surface area (Å²) in [6.45, 7) is 3.83. The van der Waals surface area contributed by atoms with E-state index >= 15 is 0 Å². The van der Waals surface area contributed by atoms with Gasteiger partial charge in [-0.2, -0.15) is 0 Å². The Morgan fingerprint density at radius 2 is 1.95 bits per heavy atom. The highest BCUT2D eigenvalue weighted by Crippen LogP contribution is 2.25. The van der Waals surface area contributed by atoms with Crippen LogP contribution >= 0.6 is 0 Å². The molecule has 1 aromatic carbocycles. The van der Waals surface area contributed by atoms with Crippen molar-refractivity contribution >= 4 is 16.0 Å². The largest absolute Gasteiger partial charge is 0.490 e. The second kappa shape index (κ2) is 7.39. The van der Waals surface area contributed by atoms with Crippen molar-refractivity contribution in [1.29, 1.82) is 0 Å². The highest BCUT2D eigenvalue weighted by Gasteiger charge is 2.19. The maximum atomic E-state index is 11.8. The van der Waals surface area contributed by atoms with Crippen molar-refractivity contribution in [2.45, 2.75) is 24.8 Å². The molecule has 0 saturated carbocycles. The minimum absolute atomic E-state index is 0.0737. The number of carbonyl (C=O) groups is 1. The van der Waals surface area contributed by atoms with Gasteiger partial charge in [0.25, 0.3) is 0 Å². The molecule has 8 heteroatoms. The highest BCUT2D eigenvalue weighted by molar-refractivity contribution is 7.89. The predicted octanol–water partition coefficient (Wildman–Crippen LogP) is 0.924. The molecule has 0 aliphatic heterocycles. The van der Waals surface area contributed by atoms with E-state index in [4.69, 9.17) is 19.3 Å². The summed E-state index contributed by atoms with van der Waals surface area (Å²) in [4.78, 5) is 11.5. The van der Waals surface area contributed by atoms with Crippen molar-refractivity contribution in [3.63, 3.8) is 0 Å². The molecule has 0 amide bonds. The van der Waals surface area contributed by atoms with Crippen LogP contribution in [0.15, 0.2) is 23.1 Å². The fourth-order valence-electron chi connectivity index (χ4n) is 1.51. The van der Waals surface area contributed by atoms with Crippen LogP contribution in [0.2, 0.25) is 0 Å². The zero-order valence-corrected chi connectivity index (χ0v) is 13.0. The lowest BCUT2D eigenvalue weighted by molar-refractivity contribution is 0.0388. The third-order valence-corrected chi connectivity index (χ3v) is 3.30. The van der Waals surface area contributed by atoms with Crippen LogP contribution in [-0.2, 0) is 19.5 Å². The average Bonchev–Trinajstić information content (AvgIpc) is 2.37. The van der Waals surface area contributed by atoms with Gasteiger partial charge >= 0.3 is 5.97 Å². The highest BCUT2D eigenvalue weighted by atomic mass is 32.2. The summed E-state index contributed by atoms with van der Waals surface area (Å²) >= 11 is 0. The Bertz CT molecular complexity index is 597. The SMILES string of the molecule is COCCOC(=O)c1ccc(OC(C)C)c(S(N)(=O)=O)c1. The van der Waals surface area contributed by atoms with Crippen LogP contribution in [-0.4, -0.2) is 40.8 Å². The quantitative estimate of drug-likeness (QED) is 0.592. The molecule has 1 aromatic rings. The summed E-state index contributed by atoms with van der Waals surface area (Å²) in [7, 11) is -2.54. The number of hydrogen-bond donors (Lipinski definition) is 1. The number of benzene rings is 1. The lowest BCUT2D eigenvalue weighted by atomic mass is 10.2. The first-order chi connectivity index (χ1) is 9.75. The maximum absolute atomic E-state index is 11.8. The predicted molar refractivity (Wildman–Crippen MR) is 75.7 cm³/mol. The summed E-state index contributed by atoms with van der Waals surface area (Å²) in [6.07, 6.45) is -0.231. The van der Waals surface area contributed by atoms with Crippen LogP contribution in [0.3, 0.4) is 0 Å². The number of methoxy groups -OCH3 is 1. The molecule has 0 fully saturated rings. The fraction of sp³-hybridized carbons (Fsp3) is 0.462. The average molecular weight is 317 g/mol. The van der Waals surface area contributed by atoms with Crippen LogP contribution < -0.4 is 9.88 Å². The molecule has 7 nitrogen and oxygen atoms in total. The van der Waals surface area contributed by atoms with Crippen LogP contribution in [0.25, 0.3) is 0 Å².